The van der Waals surface area contributed by atoms with Gasteiger partial charge in [-0.2, -0.15) is 0 Å². The number of hydrogen-bond donors (Lipinski definition) is 1. The third-order valence-corrected chi connectivity index (χ3v) is 2.32. The molecule has 5 heteroatoms. The Kier molecular flexibility index (Phi) is 4.65. The van der Waals surface area contributed by atoms with Crippen LogP contribution >= 0.6 is 0 Å². The van der Waals surface area contributed by atoms with Gasteiger partial charge in [-0.3, -0.25) is 5.14 Å². The first-order valence-electron chi connectivity index (χ1n) is 5.29. The Bertz CT molecular complexity index is 417. The molecule has 0 amide bonds. The minimum atomic E-state index is -1.11. The van der Waals surface area contributed by atoms with E-state index >= 15 is 0 Å². The minimum Gasteiger partial charge on any atom is -0.493 e. The molecule has 17 heavy (non-hydrogen) atoms. The molecule has 0 spiro atoms. The zero-order valence-electron chi connectivity index (χ0n) is 10.3. The summed E-state index contributed by atoms with van der Waals surface area (Å²) in [5.74, 6) is 0.484. The fraction of sp³-hybridized carbons (Fsp3) is 0.500. The van der Waals surface area contributed by atoms with Crippen LogP contribution in [0.5, 0.6) is 5.75 Å². The van der Waals surface area contributed by atoms with E-state index in [2.05, 4.69) is 19.0 Å². The molecule has 1 aliphatic heterocycles. The molecule has 0 radical (unpaired) electrons. The van der Waals surface area contributed by atoms with Crippen molar-refractivity contribution in [3.63, 3.8) is 0 Å². The number of rotatable bonds is 0. The molecule has 1 aromatic carbocycles. The Morgan fingerprint density at radius 3 is 2.65 bits per heavy atom. The Labute approximate surface area is 104 Å². The van der Waals surface area contributed by atoms with Gasteiger partial charge in [0.15, 0.2) is 0 Å². The van der Waals surface area contributed by atoms with Crippen molar-refractivity contribution in [2.45, 2.75) is 20.3 Å². The average molecular weight is 259 g/mol. The van der Waals surface area contributed by atoms with Crippen molar-refractivity contribution in [3.05, 3.63) is 29.6 Å². The van der Waals surface area contributed by atoms with Crippen molar-refractivity contribution in [1.29, 1.82) is 0 Å². The van der Waals surface area contributed by atoms with Gasteiger partial charge >= 0.3 is 0 Å². The van der Waals surface area contributed by atoms with E-state index in [1.807, 2.05) is 6.07 Å². The summed E-state index contributed by atoms with van der Waals surface area (Å²) in [5, 5.41) is 4.58. The number of hydrogen-bond acceptors (Lipinski definition) is 2. The second-order valence-corrected chi connectivity index (χ2v) is 5.88. The third-order valence-electron chi connectivity index (χ3n) is 2.32. The molecule has 1 heterocycles. The molecule has 2 N–H and O–H groups in total. The first kappa shape index (κ1) is 14.1. The van der Waals surface area contributed by atoms with Crippen molar-refractivity contribution in [2.24, 2.45) is 10.6 Å². The predicted octanol–water partition coefficient (Wildman–Crippen LogP) is 2.03. The molecule has 0 aromatic heterocycles. The standard InChI is InChI=1S/C11H13FO.CH5NOS/c1-11(2)6-8-3-4-9(12)5-10(8)13-7-11;1-4(2)3/h3-5H,6-7H2,1-2H3;2H2,1H3. The first-order valence-corrected chi connectivity index (χ1v) is 6.91. The molecule has 0 aliphatic carbocycles. The van der Waals surface area contributed by atoms with Crippen LogP contribution in [-0.2, 0) is 17.4 Å². The molecule has 0 bridgehead atoms. The third kappa shape index (κ3) is 4.83. The van der Waals surface area contributed by atoms with Crippen molar-refractivity contribution in [3.8, 4) is 5.75 Å². The molecular formula is C12H18FNO2S. The average Bonchev–Trinajstić information content (AvgIpc) is 2.17. The van der Waals surface area contributed by atoms with Crippen molar-refractivity contribution in [2.75, 3.05) is 12.9 Å². The van der Waals surface area contributed by atoms with Crippen LogP contribution in [0.25, 0.3) is 0 Å². The summed E-state index contributed by atoms with van der Waals surface area (Å²) >= 11 is 0. The van der Waals surface area contributed by atoms with E-state index in [4.69, 9.17) is 4.74 Å². The van der Waals surface area contributed by atoms with E-state index in [1.165, 1.54) is 18.4 Å². The van der Waals surface area contributed by atoms with Gasteiger partial charge in [-0.25, -0.2) is 8.60 Å². The highest BCUT2D eigenvalue weighted by atomic mass is 32.2. The van der Waals surface area contributed by atoms with E-state index in [-0.39, 0.29) is 11.2 Å². The van der Waals surface area contributed by atoms with Crippen LogP contribution in [0.1, 0.15) is 19.4 Å². The molecule has 1 aliphatic rings. The predicted molar refractivity (Wildman–Crippen MR) is 67.6 cm³/mol. The highest BCUT2D eigenvalue weighted by Gasteiger charge is 2.26. The lowest BCUT2D eigenvalue weighted by atomic mass is 9.84. The van der Waals surface area contributed by atoms with Crippen LogP contribution in [0.15, 0.2) is 18.2 Å². The van der Waals surface area contributed by atoms with Gasteiger partial charge in [-0.15, -0.1) is 0 Å². The lowest BCUT2D eigenvalue weighted by Gasteiger charge is -2.31. The Balaban J connectivity index is 0.000000317. The molecule has 1 aromatic rings. The van der Waals surface area contributed by atoms with E-state index in [9.17, 15) is 8.60 Å². The van der Waals surface area contributed by atoms with Gasteiger partial charge in [0.1, 0.15) is 11.6 Å². The number of benzene rings is 1. The van der Waals surface area contributed by atoms with Gasteiger partial charge in [0, 0.05) is 17.7 Å². The van der Waals surface area contributed by atoms with Crippen LogP contribution in [0.3, 0.4) is 0 Å². The maximum absolute atomic E-state index is 12.8. The molecule has 1 atom stereocenters. The molecule has 0 saturated heterocycles. The number of halogens is 1. The van der Waals surface area contributed by atoms with E-state index in [0.717, 1.165) is 12.0 Å². The number of ether oxygens (including phenoxy) is 1. The van der Waals surface area contributed by atoms with Crippen LogP contribution in [0, 0.1) is 11.2 Å². The summed E-state index contributed by atoms with van der Waals surface area (Å²) in [6.07, 6.45) is 2.38. The molecule has 0 saturated carbocycles. The summed E-state index contributed by atoms with van der Waals surface area (Å²) in [4.78, 5) is 0. The molecule has 1 unspecified atom stereocenters. The lowest BCUT2D eigenvalue weighted by Crippen LogP contribution is -2.28. The molecule has 2 rings (SSSR count). The highest BCUT2D eigenvalue weighted by molar-refractivity contribution is 7.81. The van der Waals surface area contributed by atoms with Crippen LogP contribution in [0.2, 0.25) is 0 Å². The van der Waals surface area contributed by atoms with Gasteiger partial charge in [-0.1, -0.05) is 19.9 Å². The topological polar surface area (TPSA) is 52.3 Å². The van der Waals surface area contributed by atoms with Crippen molar-refractivity contribution in [1.82, 2.24) is 0 Å². The molecule has 3 nitrogen and oxygen atoms in total. The zero-order chi connectivity index (χ0) is 13.1. The second-order valence-electron chi connectivity index (χ2n) is 4.88. The first-order chi connectivity index (χ1) is 7.80. The summed E-state index contributed by atoms with van der Waals surface area (Å²) in [5.41, 5.74) is 1.28. The smallest absolute Gasteiger partial charge is 0.126 e. The van der Waals surface area contributed by atoms with Gasteiger partial charge in [-0.05, 0) is 18.1 Å². The Morgan fingerprint density at radius 2 is 2.06 bits per heavy atom. The van der Waals surface area contributed by atoms with Crippen LogP contribution < -0.4 is 9.88 Å². The summed E-state index contributed by atoms with van der Waals surface area (Å²) in [6, 6.07) is 4.76. The SMILES string of the molecule is CC1(C)COc2cc(F)ccc2C1.CS(N)=O. The number of nitrogens with two attached hydrogens (primary N) is 1. The van der Waals surface area contributed by atoms with Gasteiger partial charge < -0.3 is 4.74 Å². The lowest BCUT2D eigenvalue weighted by molar-refractivity contribution is 0.154. The van der Waals surface area contributed by atoms with E-state index < -0.39 is 11.0 Å². The normalized spacial score (nSPS) is 18.2. The fourth-order valence-electron chi connectivity index (χ4n) is 1.65. The van der Waals surface area contributed by atoms with Crippen LogP contribution in [-0.4, -0.2) is 17.1 Å². The fourth-order valence-corrected chi connectivity index (χ4v) is 1.65. The Morgan fingerprint density at radius 1 is 1.47 bits per heavy atom. The number of fused-ring (bicyclic) bond motifs is 1. The quantitative estimate of drug-likeness (QED) is 0.775. The summed E-state index contributed by atoms with van der Waals surface area (Å²) < 4.78 is 27.6. The van der Waals surface area contributed by atoms with Crippen molar-refractivity contribution >= 4 is 11.0 Å². The highest BCUT2D eigenvalue weighted by Crippen LogP contribution is 2.34. The maximum Gasteiger partial charge on any atom is 0.126 e. The molecule has 0 fully saturated rings. The van der Waals surface area contributed by atoms with Gasteiger partial charge in [0.25, 0.3) is 0 Å². The van der Waals surface area contributed by atoms with Crippen molar-refractivity contribution < 1.29 is 13.3 Å². The summed E-state index contributed by atoms with van der Waals surface area (Å²) in [7, 11) is -1.11. The largest absolute Gasteiger partial charge is 0.493 e. The minimum absolute atomic E-state index is 0.171. The van der Waals surface area contributed by atoms with Gasteiger partial charge in [0.05, 0.1) is 17.6 Å². The maximum atomic E-state index is 12.8. The zero-order valence-corrected chi connectivity index (χ0v) is 11.1. The second kappa shape index (κ2) is 5.60. The van der Waals surface area contributed by atoms with E-state index in [0.29, 0.717) is 12.4 Å². The molecular weight excluding hydrogens is 241 g/mol. The molecule has 96 valence electrons. The van der Waals surface area contributed by atoms with E-state index in [1.54, 1.807) is 0 Å². The summed E-state index contributed by atoms with van der Waals surface area (Å²) in [6.45, 7) is 4.97. The monoisotopic (exact) mass is 259 g/mol. The Hall–Kier alpha value is -0.940. The van der Waals surface area contributed by atoms with Crippen LogP contribution in [0.4, 0.5) is 4.39 Å². The van der Waals surface area contributed by atoms with Gasteiger partial charge in [0.2, 0.25) is 0 Å².